The summed E-state index contributed by atoms with van der Waals surface area (Å²) in [6, 6.07) is 1.58. The molecule has 0 bridgehead atoms. The Morgan fingerprint density at radius 1 is 1.59 bits per heavy atom. The zero-order valence-corrected chi connectivity index (χ0v) is 12.3. The SMILES string of the molecule is CC1CCN(S(=O)(=O)c2ccnn2C)C1CBr. The molecule has 0 N–H and O–H groups in total. The molecule has 1 aliphatic rings. The highest BCUT2D eigenvalue weighted by Crippen LogP contribution is 2.30. The Morgan fingerprint density at radius 2 is 2.29 bits per heavy atom. The van der Waals surface area contributed by atoms with Crippen LogP contribution in [0.2, 0.25) is 0 Å². The van der Waals surface area contributed by atoms with Crippen molar-refractivity contribution in [3.8, 4) is 0 Å². The molecule has 5 nitrogen and oxygen atoms in total. The van der Waals surface area contributed by atoms with Crippen molar-refractivity contribution >= 4 is 26.0 Å². The number of nitrogens with zero attached hydrogens (tertiary/aromatic N) is 3. The molecule has 17 heavy (non-hydrogen) atoms. The molecule has 1 aromatic rings. The Kier molecular flexibility index (Phi) is 3.61. The summed E-state index contributed by atoms with van der Waals surface area (Å²) in [5.41, 5.74) is 0. The van der Waals surface area contributed by atoms with Crippen LogP contribution < -0.4 is 0 Å². The lowest BCUT2D eigenvalue weighted by Crippen LogP contribution is -2.39. The number of halogens is 1. The Hall–Kier alpha value is -0.400. The van der Waals surface area contributed by atoms with Crippen LogP contribution in [0.15, 0.2) is 17.3 Å². The van der Waals surface area contributed by atoms with Gasteiger partial charge in [-0.15, -0.1) is 0 Å². The number of sulfonamides is 1. The fourth-order valence-corrected chi connectivity index (χ4v) is 5.25. The van der Waals surface area contributed by atoms with Gasteiger partial charge >= 0.3 is 0 Å². The molecule has 2 heterocycles. The molecule has 1 fully saturated rings. The van der Waals surface area contributed by atoms with Gasteiger partial charge in [0.05, 0.1) is 6.20 Å². The van der Waals surface area contributed by atoms with Crippen molar-refractivity contribution in [1.29, 1.82) is 0 Å². The number of rotatable bonds is 3. The molecule has 1 aliphatic heterocycles. The topological polar surface area (TPSA) is 55.2 Å². The molecular weight excluding hydrogens is 306 g/mol. The van der Waals surface area contributed by atoms with E-state index >= 15 is 0 Å². The summed E-state index contributed by atoms with van der Waals surface area (Å²) >= 11 is 3.40. The molecule has 96 valence electrons. The minimum absolute atomic E-state index is 0.0369. The molecule has 2 atom stereocenters. The third kappa shape index (κ3) is 2.15. The zero-order valence-electron chi connectivity index (χ0n) is 9.88. The maximum Gasteiger partial charge on any atom is 0.260 e. The second kappa shape index (κ2) is 4.70. The first-order valence-corrected chi connectivity index (χ1v) is 8.10. The Bertz CT molecular complexity index is 499. The normalized spacial score (nSPS) is 26.5. The predicted molar refractivity (Wildman–Crippen MR) is 68.5 cm³/mol. The quantitative estimate of drug-likeness (QED) is 0.786. The molecular formula is C10H16BrN3O2S. The van der Waals surface area contributed by atoms with Gasteiger partial charge in [0.2, 0.25) is 0 Å². The number of hydrogen-bond acceptors (Lipinski definition) is 3. The van der Waals surface area contributed by atoms with Gasteiger partial charge in [0.15, 0.2) is 5.03 Å². The summed E-state index contributed by atoms with van der Waals surface area (Å²) in [7, 11) is -1.77. The minimum atomic E-state index is -3.42. The average Bonchev–Trinajstić information content (AvgIpc) is 2.84. The first-order valence-electron chi connectivity index (χ1n) is 5.54. The van der Waals surface area contributed by atoms with Crippen LogP contribution in [0.1, 0.15) is 13.3 Å². The highest BCUT2D eigenvalue weighted by atomic mass is 79.9. The van der Waals surface area contributed by atoms with Crippen molar-refractivity contribution in [1.82, 2.24) is 14.1 Å². The lowest BCUT2D eigenvalue weighted by molar-refractivity contribution is 0.374. The highest BCUT2D eigenvalue weighted by Gasteiger charge is 2.39. The molecule has 1 aromatic heterocycles. The van der Waals surface area contributed by atoms with Gasteiger partial charge < -0.3 is 0 Å². The summed E-state index contributed by atoms with van der Waals surface area (Å²) in [4.78, 5) is 0. The van der Waals surface area contributed by atoms with Crippen LogP contribution in [-0.4, -0.2) is 40.4 Å². The molecule has 0 amide bonds. The molecule has 2 rings (SSSR count). The Labute approximate surface area is 110 Å². The van der Waals surface area contributed by atoms with Gasteiger partial charge in [-0.3, -0.25) is 4.68 Å². The van der Waals surface area contributed by atoms with Crippen LogP contribution in [0.4, 0.5) is 0 Å². The van der Waals surface area contributed by atoms with Crippen molar-refractivity contribution in [2.45, 2.75) is 24.4 Å². The van der Waals surface area contributed by atoms with Crippen LogP contribution in [0, 0.1) is 5.92 Å². The lowest BCUT2D eigenvalue weighted by Gasteiger charge is -2.24. The van der Waals surface area contributed by atoms with Gasteiger partial charge in [-0.2, -0.15) is 9.40 Å². The summed E-state index contributed by atoms with van der Waals surface area (Å²) in [5.74, 6) is 0.386. The van der Waals surface area contributed by atoms with E-state index in [0.717, 1.165) is 6.42 Å². The van der Waals surface area contributed by atoms with E-state index in [-0.39, 0.29) is 11.1 Å². The fourth-order valence-electron chi connectivity index (χ4n) is 2.24. The number of alkyl halides is 1. The maximum absolute atomic E-state index is 12.5. The molecule has 0 radical (unpaired) electrons. The molecule has 0 aromatic carbocycles. The number of aromatic nitrogens is 2. The largest absolute Gasteiger partial charge is 0.260 e. The number of hydrogen-bond donors (Lipinski definition) is 0. The molecule has 2 unspecified atom stereocenters. The van der Waals surface area contributed by atoms with E-state index in [1.54, 1.807) is 17.4 Å². The van der Waals surface area contributed by atoms with Gasteiger partial charge in [0, 0.05) is 25.0 Å². The fraction of sp³-hybridized carbons (Fsp3) is 0.700. The Morgan fingerprint density at radius 3 is 2.82 bits per heavy atom. The van der Waals surface area contributed by atoms with Gasteiger partial charge in [-0.05, 0) is 18.4 Å². The molecule has 1 saturated heterocycles. The molecule has 7 heteroatoms. The van der Waals surface area contributed by atoms with E-state index in [4.69, 9.17) is 0 Å². The van der Waals surface area contributed by atoms with E-state index < -0.39 is 10.0 Å². The lowest BCUT2D eigenvalue weighted by atomic mass is 10.1. The van der Waals surface area contributed by atoms with E-state index in [2.05, 4.69) is 28.0 Å². The Balaban J connectivity index is 2.37. The monoisotopic (exact) mass is 321 g/mol. The molecule has 0 spiro atoms. The van der Waals surface area contributed by atoms with Crippen molar-refractivity contribution in [2.24, 2.45) is 13.0 Å². The standard InChI is InChI=1S/C10H16BrN3O2S/c1-8-4-6-14(9(8)7-11)17(15,16)10-3-5-12-13(10)2/h3,5,8-9H,4,6-7H2,1-2H3. The van der Waals surface area contributed by atoms with Gasteiger partial charge in [0.1, 0.15) is 0 Å². The van der Waals surface area contributed by atoms with Crippen molar-refractivity contribution < 1.29 is 8.42 Å². The third-order valence-electron chi connectivity index (χ3n) is 3.34. The van der Waals surface area contributed by atoms with E-state index in [9.17, 15) is 8.42 Å². The molecule has 0 aliphatic carbocycles. The number of aryl methyl sites for hydroxylation is 1. The van der Waals surface area contributed by atoms with Crippen LogP contribution >= 0.6 is 15.9 Å². The van der Waals surface area contributed by atoms with Crippen LogP contribution in [0.5, 0.6) is 0 Å². The van der Waals surface area contributed by atoms with Crippen LogP contribution in [0.3, 0.4) is 0 Å². The minimum Gasteiger partial charge on any atom is -0.256 e. The van der Waals surface area contributed by atoms with Crippen LogP contribution in [0.25, 0.3) is 0 Å². The summed E-state index contributed by atoms with van der Waals surface area (Å²) in [6.45, 7) is 2.68. The predicted octanol–water partition coefficient (Wildman–Crippen LogP) is 1.21. The first kappa shape index (κ1) is 13.0. The van der Waals surface area contributed by atoms with Crippen LogP contribution in [-0.2, 0) is 17.1 Å². The molecule has 0 saturated carbocycles. The highest BCUT2D eigenvalue weighted by molar-refractivity contribution is 9.09. The van der Waals surface area contributed by atoms with Gasteiger partial charge in [-0.25, -0.2) is 8.42 Å². The third-order valence-corrected chi connectivity index (χ3v) is 6.00. The van der Waals surface area contributed by atoms with E-state index in [0.29, 0.717) is 17.8 Å². The first-order chi connectivity index (χ1) is 7.98. The van der Waals surface area contributed by atoms with Crippen molar-refractivity contribution in [3.05, 3.63) is 12.3 Å². The van der Waals surface area contributed by atoms with Gasteiger partial charge in [0.25, 0.3) is 10.0 Å². The average molecular weight is 322 g/mol. The van der Waals surface area contributed by atoms with E-state index in [1.807, 2.05) is 0 Å². The second-order valence-corrected chi connectivity index (χ2v) is 6.88. The second-order valence-electron chi connectivity index (χ2n) is 4.40. The van der Waals surface area contributed by atoms with Crippen molar-refractivity contribution in [3.63, 3.8) is 0 Å². The maximum atomic E-state index is 12.5. The summed E-state index contributed by atoms with van der Waals surface area (Å²) < 4.78 is 27.9. The van der Waals surface area contributed by atoms with E-state index in [1.165, 1.54) is 10.9 Å². The van der Waals surface area contributed by atoms with Gasteiger partial charge in [-0.1, -0.05) is 22.9 Å². The van der Waals surface area contributed by atoms with Crippen molar-refractivity contribution in [2.75, 3.05) is 11.9 Å². The smallest absolute Gasteiger partial charge is 0.256 e. The summed E-state index contributed by atoms with van der Waals surface area (Å²) in [6.07, 6.45) is 2.42. The summed E-state index contributed by atoms with van der Waals surface area (Å²) in [5, 5.41) is 4.86. The zero-order chi connectivity index (χ0) is 12.6.